The first-order valence-electron chi connectivity index (χ1n) is 4.13. The van der Waals surface area contributed by atoms with Crippen LogP contribution in [0, 0.1) is 0 Å². The molecule has 0 aliphatic carbocycles. The van der Waals surface area contributed by atoms with Crippen molar-refractivity contribution >= 4 is 22.1 Å². The minimum Gasteiger partial charge on any atom is -0.324 e. The van der Waals surface area contributed by atoms with Gasteiger partial charge in [0.15, 0.2) is 0 Å². The molecule has 0 rings (SSSR count). The molecule has 88 valence electrons. The first kappa shape index (κ1) is 20.0. The minimum absolute atomic E-state index is 0.870. The van der Waals surface area contributed by atoms with Crippen LogP contribution in [0.1, 0.15) is 0 Å². The molecule has 0 bridgehead atoms. The summed E-state index contributed by atoms with van der Waals surface area (Å²) in [7, 11) is -4.15. The predicted octanol–water partition coefficient (Wildman–Crippen LogP) is 3.55. The van der Waals surface area contributed by atoms with E-state index in [1.54, 1.807) is 53.3 Å². The molecule has 0 fully saturated rings. The molecular formula is C8H24O3P3+. The van der Waals surface area contributed by atoms with E-state index in [-0.39, 0.29) is 0 Å². The van der Waals surface area contributed by atoms with Gasteiger partial charge < -0.3 is 9.13 Å². The topological polar surface area (TPSA) is 51.2 Å². The average Bonchev–Trinajstić information content (AvgIpc) is 1.45. The second-order valence-electron chi connectivity index (χ2n) is 4.59. The molecule has 0 heterocycles. The lowest BCUT2D eigenvalue weighted by atomic mass is 11.9. The molecule has 0 spiro atoms. The van der Waals surface area contributed by atoms with Crippen LogP contribution in [0.5, 0.6) is 0 Å². The van der Waals surface area contributed by atoms with Crippen LogP contribution in [0.2, 0.25) is 0 Å². The van der Waals surface area contributed by atoms with Crippen molar-refractivity contribution in [3.63, 3.8) is 0 Å². The van der Waals surface area contributed by atoms with Crippen LogP contribution in [0.3, 0.4) is 0 Å². The van der Waals surface area contributed by atoms with Crippen molar-refractivity contribution in [3.05, 3.63) is 0 Å². The third kappa shape index (κ3) is 5350. The second kappa shape index (κ2) is 8.84. The maximum Gasteiger partial charge on any atom is 0.332 e. The second-order valence-corrected chi connectivity index (χ2v) is 13.8. The van der Waals surface area contributed by atoms with E-state index in [0.717, 1.165) is 0 Å². The Kier molecular flexibility index (Phi) is 12.6. The summed E-state index contributed by atoms with van der Waals surface area (Å²) < 4.78 is 30.0. The Balaban J connectivity index is -0.000000131. The van der Waals surface area contributed by atoms with Crippen molar-refractivity contribution in [1.82, 2.24) is 0 Å². The zero-order chi connectivity index (χ0) is 12.6. The highest BCUT2D eigenvalue weighted by Gasteiger charge is 1.89. The first-order valence-corrected chi connectivity index (χ1v) is 12.4. The Hall–Kier alpha value is 0.560. The van der Waals surface area contributed by atoms with Gasteiger partial charge in [-0.15, -0.1) is 0 Å². The van der Waals surface area contributed by atoms with Gasteiger partial charge in [-0.2, -0.15) is 0 Å². The van der Waals surface area contributed by atoms with Crippen LogP contribution in [0.4, 0.5) is 0 Å². The number of rotatable bonds is 0. The minimum atomic E-state index is -1.64. The molecule has 0 radical (unpaired) electrons. The lowest BCUT2D eigenvalue weighted by Crippen LogP contribution is -1.61. The monoisotopic (exact) mass is 261 g/mol. The summed E-state index contributed by atoms with van der Waals surface area (Å²) in [6.45, 7) is 13.8. The highest BCUT2D eigenvalue weighted by molar-refractivity contribution is 7.61. The lowest BCUT2D eigenvalue weighted by molar-refractivity contribution is 0.585. The van der Waals surface area contributed by atoms with Crippen molar-refractivity contribution in [3.8, 4) is 0 Å². The zero-order valence-corrected chi connectivity index (χ0v) is 13.2. The summed E-state index contributed by atoms with van der Waals surface area (Å²) in [6.07, 6.45) is 0. The molecule has 0 aromatic carbocycles. The van der Waals surface area contributed by atoms with Crippen molar-refractivity contribution in [2.24, 2.45) is 0 Å². The van der Waals surface area contributed by atoms with Crippen LogP contribution in [-0.4, -0.2) is 53.3 Å². The lowest BCUT2D eigenvalue weighted by Gasteiger charge is -1.86. The van der Waals surface area contributed by atoms with Crippen LogP contribution in [-0.2, 0) is 13.7 Å². The third-order valence-corrected chi connectivity index (χ3v) is 0. The SMILES string of the molecule is CP(C)(C)=O.CP(C)(C)=O.C[P+](C)=O. The molecule has 0 atom stereocenters. The summed E-state index contributed by atoms with van der Waals surface area (Å²) in [5, 5.41) is 0. The molecule has 0 aromatic heterocycles. The predicted molar refractivity (Wildman–Crippen MR) is 70.2 cm³/mol. The van der Waals surface area contributed by atoms with Gasteiger partial charge in [0.25, 0.3) is 0 Å². The summed E-state index contributed by atoms with van der Waals surface area (Å²) in [4.78, 5) is 0. The maximum atomic E-state index is 10.2. The molecule has 14 heavy (non-hydrogen) atoms. The van der Waals surface area contributed by atoms with E-state index in [0.29, 0.717) is 0 Å². The fourth-order valence-corrected chi connectivity index (χ4v) is 0. The van der Waals surface area contributed by atoms with E-state index in [2.05, 4.69) is 0 Å². The Bertz CT molecular complexity index is 196. The molecule has 0 saturated carbocycles. The molecule has 0 saturated heterocycles. The summed E-state index contributed by atoms with van der Waals surface area (Å²) >= 11 is 0. The molecule has 0 N–H and O–H groups in total. The maximum absolute atomic E-state index is 10.2. The van der Waals surface area contributed by atoms with Gasteiger partial charge in [-0.05, 0) is 40.0 Å². The fraction of sp³-hybridized carbons (Fsp3) is 1.00. The molecule has 0 unspecified atom stereocenters. The average molecular weight is 261 g/mol. The molecule has 0 amide bonds. The quantitative estimate of drug-likeness (QED) is 0.626. The molecule has 0 aliphatic rings. The highest BCUT2D eigenvalue weighted by atomic mass is 31.2. The van der Waals surface area contributed by atoms with E-state index >= 15 is 0 Å². The van der Waals surface area contributed by atoms with Crippen molar-refractivity contribution in [2.45, 2.75) is 0 Å². The zero-order valence-electron chi connectivity index (χ0n) is 10.6. The van der Waals surface area contributed by atoms with Crippen LogP contribution >= 0.6 is 22.1 Å². The van der Waals surface area contributed by atoms with Gasteiger partial charge in [0.2, 0.25) is 0 Å². The molecule has 0 aliphatic heterocycles. The Morgan fingerprint density at radius 3 is 0.714 bits per heavy atom. The summed E-state index contributed by atoms with van der Waals surface area (Å²) in [5.74, 6) is 0. The van der Waals surface area contributed by atoms with Crippen LogP contribution in [0.15, 0.2) is 0 Å². The van der Waals surface area contributed by atoms with Gasteiger partial charge in [-0.1, -0.05) is 4.57 Å². The van der Waals surface area contributed by atoms with Crippen molar-refractivity contribution in [1.29, 1.82) is 0 Å². The van der Waals surface area contributed by atoms with Crippen molar-refractivity contribution in [2.75, 3.05) is 53.3 Å². The van der Waals surface area contributed by atoms with Gasteiger partial charge >= 0.3 is 7.80 Å². The molecule has 6 heteroatoms. The number of hydrogen-bond acceptors (Lipinski definition) is 3. The van der Waals surface area contributed by atoms with Gasteiger partial charge in [0.1, 0.15) is 13.3 Å². The largest absolute Gasteiger partial charge is 0.332 e. The van der Waals surface area contributed by atoms with Crippen molar-refractivity contribution < 1.29 is 13.7 Å². The Labute approximate surface area is 89.6 Å². The van der Waals surface area contributed by atoms with Gasteiger partial charge in [0.05, 0.1) is 14.3 Å². The first-order chi connectivity index (χ1) is 5.73. The normalized spacial score (nSPS) is 10.3. The molecule has 0 aromatic rings. The Morgan fingerprint density at radius 1 is 0.714 bits per heavy atom. The van der Waals surface area contributed by atoms with Crippen LogP contribution in [0.25, 0.3) is 0 Å². The van der Waals surface area contributed by atoms with Gasteiger partial charge in [0, 0.05) is 0 Å². The standard InChI is InChI=1S/2C3H9OP.C2H6OP/c2*1-5(2,3)4;1-4(2)3/h2*1-3H3;1-2H3/q;;+1. The van der Waals surface area contributed by atoms with Gasteiger partial charge in [-0.3, -0.25) is 0 Å². The van der Waals surface area contributed by atoms with E-state index in [1.807, 2.05) is 0 Å². The summed E-state index contributed by atoms with van der Waals surface area (Å²) in [6, 6.07) is 0. The van der Waals surface area contributed by atoms with E-state index < -0.39 is 22.1 Å². The third-order valence-electron chi connectivity index (χ3n) is 0. The van der Waals surface area contributed by atoms with E-state index in [9.17, 15) is 13.7 Å². The smallest absolute Gasteiger partial charge is 0.324 e. The fourth-order valence-electron chi connectivity index (χ4n) is 0. The van der Waals surface area contributed by atoms with E-state index in [4.69, 9.17) is 0 Å². The van der Waals surface area contributed by atoms with Crippen LogP contribution < -0.4 is 0 Å². The van der Waals surface area contributed by atoms with E-state index in [1.165, 1.54) is 0 Å². The molecular weight excluding hydrogens is 237 g/mol. The number of hydrogen-bond donors (Lipinski definition) is 0. The van der Waals surface area contributed by atoms with Gasteiger partial charge in [-0.25, -0.2) is 0 Å². The molecule has 3 nitrogen and oxygen atoms in total. The highest BCUT2D eigenvalue weighted by Crippen LogP contribution is 2.28. The Morgan fingerprint density at radius 2 is 0.714 bits per heavy atom. The summed E-state index contributed by atoms with van der Waals surface area (Å²) in [5.41, 5.74) is 0.